The van der Waals surface area contributed by atoms with E-state index in [1.807, 2.05) is 20.8 Å². The fourth-order valence-corrected chi connectivity index (χ4v) is 2.63. The lowest BCUT2D eigenvalue weighted by molar-refractivity contribution is 0.578. The van der Waals surface area contributed by atoms with E-state index < -0.39 is 0 Å². The van der Waals surface area contributed by atoms with Crippen LogP contribution in [0.1, 0.15) is 41.9 Å². The van der Waals surface area contributed by atoms with Gasteiger partial charge in [-0.3, -0.25) is 4.68 Å². The van der Waals surface area contributed by atoms with Crippen molar-refractivity contribution in [2.24, 2.45) is 5.73 Å². The van der Waals surface area contributed by atoms with Crippen molar-refractivity contribution in [3.8, 4) is 0 Å². The average Bonchev–Trinajstić information content (AvgIpc) is 2.69. The standard InChI is InChI=1S/C15H19ClFN3/c1-4-13(18)14-9(2)19-20(10(14)3)8-11-6-5-7-12(16)15(11)17/h5-7,13H,4,8,18H2,1-3H3. The Morgan fingerprint density at radius 2 is 2.10 bits per heavy atom. The van der Waals surface area contributed by atoms with E-state index in [0.717, 1.165) is 23.4 Å². The number of aryl methyl sites for hydroxylation is 1. The minimum absolute atomic E-state index is 0.0343. The molecule has 0 radical (unpaired) electrons. The van der Waals surface area contributed by atoms with Crippen molar-refractivity contribution in [2.45, 2.75) is 39.8 Å². The van der Waals surface area contributed by atoms with E-state index in [4.69, 9.17) is 17.3 Å². The van der Waals surface area contributed by atoms with Crippen molar-refractivity contribution in [1.29, 1.82) is 0 Å². The predicted octanol–water partition coefficient (Wildman–Crippen LogP) is 3.75. The zero-order valence-electron chi connectivity index (χ0n) is 12.0. The van der Waals surface area contributed by atoms with Crippen molar-refractivity contribution in [3.05, 3.63) is 51.6 Å². The Bertz CT molecular complexity index is 622. The summed E-state index contributed by atoms with van der Waals surface area (Å²) in [7, 11) is 0. The molecule has 0 aliphatic carbocycles. The minimum Gasteiger partial charge on any atom is -0.324 e. The zero-order valence-corrected chi connectivity index (χ0v) is 12.7. The molecule has 0 spiro atoms. The van der Waals surface area contributed by atoms with Crippen LogP contribution >= 0.6 is 11.6 Å². The van der Waals surface area contributed by atoms with Gasteiger partial charge in [0.15, 0.2) is 0 Å². The van der Waals surface area contributed by atoms with E-state index in [1.54, 1.807) is 22.9 Å². The maximum atomic E-state index is 14.0. The van der Waals surface area contributed by atoms with Crippen LogP contribution in [0.5, 0.6) is 0 Å². The van der Waals surface area contributed by atoms with Crippen LogP contribution in [-0.4, -0.2) is 9.78 Å². The van der Waals surface area contributed by atoms with Crippen LogP contribution in [0, 0.1) is 19.7 Å². The largest absolute Gasteiger partial charge is 0.324 e. The number of halogens is 2. The zero-order chi connectivity index (χ0) is 14.9. The van der Waals surface area contributed by atoms with Gasteiger partial charge in [-0.05, 0) is 26.3 Å². The summed E-state index contributed by atoms with van der Waals surface area (Å²) in [5, 5.41) is 4.61. The van der Waals surface area contributed by atoms with Gasteiger partial charge in [0.2, 0.25) is 0 Å². The number of nitrogens with two attached hydrogens (primary N) is 1. The van der Waals surface area contributed by atoms with Crippen molar-refractivity contribution in [1.82, 2.24) is 9.78 Å². The highest BCUT2D eigenvalue weighted by Crippen LogP contribution is 2.24. The molecule has 108 valence electrons. The normalized spacial score (nSPS) is 12.7. The molecule has 0 fully saturated rings. The molecule has 3 nitrogen and oxygen atoms in total. The first-order valence-corrected chi connectivity index (χ1v) is 7.05. The van der Waals surface area contributed by atoms with Crippen LogP contribution in [-0.2, 0) is 6.54 Å². The Kier molecular flexibility index (Phi) is 4.45. The second-order valence-corrected chi connectivity index (χ2v) is 5.38. The number of rotatable bonds is 4. The smallest absolute Gasteiger partial charge is 0.146 e. The summed E-state index contributed by atoms with van der Waals surface area (Å²) in [4.78, 5) is 0. The summed E-state index contributed by atoms with van der Waals surface area (Å²) < 4.78 is 15.7. The highest BCUT2D eigenvalue weighted by Gasteiger charge is 2.17. The topological polar surface area (TPSA) is 43.8 Å². The SMILES string of the molecule is CCC(N)c1c(C)nn(Cc2cccc(Cl)c2F)c1C. The number of hydrogen-bond acceptors (Lipinski definition) is 2. The molecule has 2 aromatic rings. The number of hydrogen-bond donors (Lipinski definition) is 1. The maximum Gasteiger partial charge on any atom is 0.146 e. The molecule has 0 saturated heterocycles. The molecule has 0 saturated carbocycles. The van der Waals surface area contributed by atoms with Gasteiger partial charge in [0.1, 0.15) is 5.82 Å². The lowest BCUT2D eigenvalue weighted by Crippen LogP contribution is -2.12. The molecule has 1 heterocycles. The van der Waals surface area contributed by atoms with Gasteiger partial charge in [0.25, 0.3) is 0 Å². The molecule has 0 amide bonds. The third-order valence-electron chi connectivity index (χ3n) is 3.60. The van der Waals surface area contributed by atoms with Gasteiger partial charge in [0, 0.05) is 22.9 Å². The van der Waals surface area contributed by atoms with Crippen molar-refractivity contribution >= 4 is 11.6 Å². The Morgan fingerprint density at radius 1 is 1.40 bits per heavy atom. The first kappa shape index (κ1) is 15.0. The second kappa shape index (κ2) is 5.94. The van der Waals surface area contributed by atoms with Crippen molar-refractivity contribution < 1.29 is 4.39 Å². The monoisotopic (exact) mass is 295 g/mol. The summed E-state index contributed by atoms with van der Waals surface area (Å²) >= 11 is 5.80. The van der Waals surface area contributed by atoms with Crippen LogP contribution in [0.2, 0.25) is 5.02 Å². The quantitative estimate of drug-likeness (QED) is 0.933. The van der Waals surface area contributed by atoms with E-state index in [0.29, 0.717) is 12.1 Å². The number of aromatic nitrogens is 2. The van der Waals surface area contributed by atoms with Gasteiger partial charge < -0.3 is 5.73 Å². The lowest BCUT2D eigenvalue weighted by atomic mass is 10.0. The molecule has 2 rings (SSSR count). The number of nitrogens with zero attached hydrogens (tertiary/aromatic N) is 2. The Balaban J connectivity index is 2.38. The lowest BCUT2D eigenvalue weighted by Gasteiger charge is -2.11. The third kappa shape index (κ3) is 2.72. The molecule has 20 heavy (non-hydrogen) atoms. The molecular formula is C15H19ClFN3. The second-order valence-electron chi connectivity index (χ2n) is 4.97. The predicted molar refractivity (Wildman–Crippen MR) is 79.4 cm³/mol. The molecule has 5 heteroatoms. The van der Waals surface area contributed by atoms with E-state index in [2.05, 4.69) is 5.10 Å². The van der Waals surface area contributed by atoms with E-state index in [1.165, 1.54) is 0 Å². The van der Waals surface area contributed by atoms with E-state index in [-0.39, 0.29) is 16.9 Å². The highest BCUT2D eigenvalue weighted by atomic mass is 35.5. The maximum absolute atomic E-state index is 14.0. The van der Waals surface area contributed by atoms with Gasteiger partial charge in [-0.15, -0.1) is 0 Å². The van der Waals surface area contributed by atoms with Gasteiger partial charge in [-0.2, -0.15) is 5.10 Å². The summed E-state index contributed by atoms with van der Waals surface area (Å²) in [6.07, 6.45) is 0.846. The summed E-state index contributed by atoms with van der Waals surface area (Å²) in [6, 6.07) is 4.97. The van der Waals surface area contributed by atoms with Gasteiger partial charge in [-0.1, -0.05) is 30.7 Å². The Morgan fingerprint density at radius 3 is 2.75 bits per heavy atom. The average molecular weight is 296 g/mol. The molecule has 1 aromatic heterocycles. The van der Waals surface area contributed by atoms with Gasteiger partial charge >= 0.3 is 0 Å². The third-order valence-corrected chi connectivity index (χ3v) is 3.89. The summed E-state index contributed by atoms with van der Waals surface area (Å²) in [5.41, 5.74) is 9.57. The fraction of sp³-hybridized carbons (Fsp3) is 0.400. The molecule has 0 aliphatic rings. The fourth-order valence-electron chi connectivity index (χ4n) is 2.44. The molecule has 1 unspecified atom stereocenters. The number of benzene rings is 1. The minimum atomic E-state index is -0.386. The van der Waals surface area contributed by atoms with Crippen LogP contribution in [0.25, 0.3) is 0 Å². The Hall–Kier alpha value is -1.39. The van der Waals surface area contributed by atoms with Crippen molar-refractivity contribution in [3.63, 3.8) is 0 Å². The first-order chi connectivity index (χ1) is 9.45. The molecule has 0 bridgehead atoms. The van der Waals surface area contributed by atoms with Crippen molar-refractivity contribution in [2.75, 3.05) is 0 Å². The Labute approximate surface area is 123 Å². The highest BCUT2D eigenvalue weighted by molar-refractivity contribution is 6.30. The van der Waals surface area contributed by atoms with E-state index >= 15 is 0 Å². The van der Waals surface area contributed by atoms with Gasteiger partial charge in [-0.25, -0.2) is 4.39 Å². The molecular weight excluding hydrogens is 277 g/mol. The molecule has 1 aromatic carbocycles. The summed E-state index contributed by atoms with van der Waals surface area (Å²) in [5.74, 6) is -0.386. The summed E-state index contributed by atoms with van der Waals surface area (Å²) in [6.45, 7) is 6.29. The van der Waals surface area contributed by atoms with Crippen LogP contribution in [0.3, 0.4) is 0 Å². The van der Waals surface area contributed by atoms with Crippen LogP contribution < -0.4 is 5.73 Å². The molecule has 0 aliphatic heterocycles. The first-order valence-electron chi connectivity index (χ1n) is 6.68. The molecule has 1 atom stereocenters. The van der Waals surface area contributed by atoms with Crippen LogP contribution in [0.15, 0.2) is 18.2 Å². The van der Waals surface area contributed by atoms with Gasteiger partial charge in [0.05, 0.1) is 17.3 Å². The van der Waals surface area contributed by atoms with Crippen LogP contribution in [0.4, 0.5) is 4.39 Å². The van der Waals surface area contributed by atoms with E-state index in [9.17, 15) is 4.39 Å². The molecule has 2 N–H and O–H groups in total.